The van der Waals surface area contributed by atoms with Crippen molar-refractivity contribution >= 4 is 40.6 Å². The van der Waals surface area contributed by atoms with Crippen LogP contribution < -0.4 is 20.5 Å². The van der Waals surface area contributed by atoms with Crippen LogP contribution in [-0.2, 0) is 4.79 Å². The first-order valence-corrected chi connectivity index (χ1v) is 8.72. The van der Waals surface area contributed by atoms with Crippen LogP contribution in [-0.4, -0.2) is 49.8 Å². The van der Waals surface area contributed by atoms with Crippen molar-refractivity contribution in [3.8, 4) is 11.6 Å². The van der Waals surface area contributed by atoms with Gasteiger partial charge in [0.25, 0.3) is 5.88 Å². The van der Waals surface area contributed by atoms with Gasteiger partial charge in [0.2, 0.25) is 11.9 Å². The predicted octanol–water partition coefficient (Wildman–Crippen LogP) is 1.86. The van der Waals surface area contributed by atoms with Crippen molar-refractivity contribution in [1.29, 1.82) is 0 Å². The van der Waals surface area contributed by atoms with Crippen molar-refractivity contribution in [3.05, 3.63) is 18.5 Å². The van der Waals surface area contributed by atoms with Gasteiger partial charge in [-0.05, 0) is 26.0 Å². The Labute approximate surface area is 159 Å². The second-order valence-corrected chi connectivity index (χ2v) is 7.57. The number of nitrogens with two attached hydrogens (primary N) is 1. The highest BCUT2D eigenvalue weighted by atomic mass is 32.2. The van der Waals surface area contributed by atoms with Gasteiger partial charge < -0.3 is 25.5 Å². The first kappa shape index (κ1) is 18.7. The Morgan fingerprint density at radius 2 is 2.00 bits per heavy atom. The molecule has 0 fully saturated rings. The maximum Gasteiger partial charge on any atom is 0.258 e. The first-order valence-electron chi connectivity index (χ1n) is 7.90. The Balaban J connectivity index is 1.82. The molecule has 0 atom stereocenters. The molecule has 3 heterocycles. The van der Waals surface area contributed by atoms with E-state index in [2.05, 4.69) is 30.2 Å². The second-order valence-electron chi connectivity index (χ2n) is 5.96. The number of H-pyrrole nitrogens is 1. The number of hydrogen-bond acceptors (Lipinski definition) is 9. The van der Waals surface area contributed by atoms with Crippen molar-refractivity contribution in [3.63, 3.8) is 0 Å². The molecule has 11 heteroatoms. The number of methoxy groups -OCH3 is 2. The fourth-order valence-electron chi connectivity index (χ4n) is 2.25. The number of carbonyl (C=O) groups excluding carboxylic acids is 1. The maximum atomic E-state index is 12.8. The minimum atomic E-state index is -0.881. The fraction of sp³-hybridized carbons (Fsp3) is 0.312. The van der Waals surface area contributed by atoms with Gasteiger partial charge in [-0.2, -0.15) is 9.97 Å². The molecule has 0 aliphatic carbocycles. The third-order valence-corrected chi connectivity index (χ3v) is 4.83. The van der Waals surface area contributed by atoms with Gasteiger partial charge in [-0.15, -0.1) is 0 Å². The normalized spacial score (nSPS) is 11.4. The second kappa shape index (κ2) is 7.27. The molecule has 0 saturated heterocycles. The molecular formula is C16H19N7O3S. The molecule has 10 nitrogen and oxygen atoms in total. The summed E-state index contributed by atoms with van der Waals surface area (Å²) < 4.78 is 9.42. The molecule has 0 saturated carbocycles. The van der Waals surface area contributed by atoms with Gasteiger partial charge in [0.1, 0.15) is 16.4 Å². The quantitative estimate of drug-likeness (QED) is 0.425. The number of ether oxygens (including phenoxy) is 2. The van der Waals surface area contributed by atoms with E-state index in [9.17, 15) is 4.79 Å². The van der Waals surface area contributed by atoms with Gasteiger partial charge in [-0.3, -0.25) is 4.79 Å². The summed E-state index contributed by atoms with van der Waals surface area (Å²) in [6.07, 6.45) is 1.50. The number of amides is 1. The van der Waals surface area contributed by atoms with Gasteiger partial charge in [0.05, 0.1) is 25.3 Å². The number of rotatable bonds is 6. The number of anilines is 2. The average Bonchev–Trinajstić information content (AvgIpc) is 3.09. The Kier molecular flexibility index (Phi) is 5.04. The number of nitrogen functional groups attached to an aromatic ring is 1. The summed E-state index contributed by atoms with van der Waals surface area (Å²) >= 11 is 1.24. The third kappa shape index (κ3) is 3.87. The first-order chi connectivity index (χ1) is 12.8. The Morgan fingerprint density at radius 1 is 1.22 bits per heavy atom. The van der Waals surface area contributed by atoms with Gasteiger partial charge in [0.15, 0.2) is 11.4 Å². The smallest absolute Gasteiger partial charge is 0.258 e. The zero-order valence-corrected chi connectivity index (χ0v) is 16.0. The number of nitrogens with one attached hydrogen (secondary N) is 2. The highest BCUT2D eigenvalue weighted by Crippen LogP contribution is 2.35. The zero-order chi connectivity index (χ0) is 19.6. The summed E-state index contributed by atoms with van der Waals surface area (Å²) in [6, 6.07) is 3.30. The molecule has 0 aliphatic heterocycles. The van der Waals surface area contributed by atoms with E-state index in [0.717, 1.165) is 0 Å². The number of carbonyl (C=O) groups is 1. The summed E-state index contributed by atoms with van der Waals surface area (Å²) in [6.45, 7) is 3.54. The number of fused-ring (bicyclic) bond motifs is 1. The SMILES string of the molecule is COc1ccc(NC(=O)C(C)(C)Sc2nc(N)nc3nc[nH]c23)nc1OC. The topological polar surface area (TPSA) is 141 Å². The monoisotopic (exact) mass is 389 g/mol. The van der Waals surface area contributed by atoms with Crippen LogP contribution in [0.1, 0.15) is 13.8 Å². The molecule has 3 aromatic rings. The van der Waals surface area contributed by atoms with E-state index in [1.54, 1.807) is 26.0 Å². The van der Waals surface area contributed by atoms with Crippen molar-refractivity contribution in [2.75, 3.05) is 25.3 Å². The van der Waals surface area contributed by atoms with E-state index < -0.39 is 4.75 Å². The van der Waals surface area contributed by atoms with Gasteiger partial charge in [0, 0.05) is 0 Å². The lowest BCUT2D eigenvalue weighted by Gasteiger charge is -2.22. The lowest BCUT2D eigenvalue weighted by Crippen LogP contribution is -2.34. The van der Waals surface area contributed by atoms with Crippen LogP contribution in [0.4, 0.5) is 11.8 Å². The van der Waals surface area contributed by atoms with Crippen LogP contribution in [0.2, 0.25) is 0 Å². The van der Waals surface area contributed by atoms with E-state index >= 15 is 0 Å². The number of hydrogen-bond donors (Lipinski definition) is 3. The number of thioether (sulfide) groups is 1. The van der Waals surface area contributed by atoms with E-state index in [1.165, 1.54) is 32.3 Å². The molecule has 142 valence electrons. The van der Waals surface area contributed by atoms with Crippen molar-refractivity contribution in [2.45, 2.75) is 23.6 Å². The largest absolute Gasteiger partial charge is 0.491 e. The van der Waals surface area contributed by atoms with Crippen LogP contribution in [0, 0.1) is 0 Å². The molecule has 27 heavy (non-hydrogen) atoms. The minimum absolute atomic E-state index is 0.0925. The molecule has 3 rings (SSSR count). The Hall–Kier alpha value is -3.08. The average molecular weight is 389 g/mol. The van der Waals surface area contributed by atoms with Crippen molar-refractivity contribution in [1.82, 2.24) is 24.9 Å². The van der Waals surface area contributed by atoms with Crippen LogP contribution in [0.3, 0.4) is 0 Å². The maximum absolute atomic E-state index is 12.8. The van der Waals surface area contributed by atoms with Gasteiger partial charge >= 0.3 is 0 Å². The highest BCUT2D eigenvalue weighted by molar-refractivity contribution is 8.01. The number of pyridine rings is 1. The van der Waals surface area contributed by atoms with Crippen molar-refractivity contribution in [2.24, 2.45) is 0 Å². The van der Waals surface area contributed by atoms with E-state index in [1.807, 2.05) is 0 Å². The molecule has 0 aromatic carbocycles. The molecule has 3 aromatic heterocycles. The highest BCUT2D eigenvalue weighted by Gasteiger charge is 2.31. The van der Waals surface area contributed by atoms with Gasteiger partial charge in [-0.25, -0.2) is 9.97 Å². The van der Waals surface area contributed by atoms with E-state index in [0.29, 0.717) is 27.8 Å². The molecule has 0 radical (unpaired) electrons. The van der Waals surface area contributed by atoms with Crippen LogP contribution >= 0.6 is 11.8 Å². The molecule has 0 bridgehead atoms. The van der Waals surface area contributed by atoms with Gasteiger partial charge in [-0.1, -0.05) is 11.8 Å². The predicted molar refractivity (Wildman–Crippen MR) is 102 cm³/mol. The number of aromatic nitrogens is 5. The molecule has 0 spiro atoms. The van der Waals surface area contributed by atoms with Crippen LogP contribution in [0.15, 0.2) is 23.5 Å². The zero-order valence-electron chi connectivity index (χ0n) is 15.2. The van der Waals surface area contributed by atoms with Crippen molar-refractivity contribution < 1.29 is 14.3 Å². The Morgan fingerprint density at radius 3 is 2.70 bits per heavy atom. The molecule has 0 aliphatic rings. The lowest BCUT2D eigenvalue weighted by molar-refractivity contribution is -0.117. The lowest BCUT2D eigenvalue weighted by atomic mass is 10.2. The number of aromatic amines is 1. The van der Waals surface area contributed by atoms with Crippen LogP contribution in [0.5, 0.6) is 11.6 Å². The molecule has 4 N–H and O–H groups in total. The standard InChI is InChI=1S/C16H19N7O3S/c1-16(2,27-13-10-11(19-7-18-10)22-15(17)23-13)14(24)21-9-6-5-8(25-3)12(20-9)26-4/h5-7H,1-4H3,(H,20,21,24)(H3,17,18,19,22,23). The summed E-state index contributed by atoms with van der Waals surface area (Å²) in [5, 5.41) is 3.32. The molecule has 1 amide bonds. The Bertz CT molecular complexity index is 989. The molecule has 0 unspecified atom stereocenters. The summed E-state index contributed by atoms with van der Waals surface area (Å²) in [4.78, 5) is 32.4. The van der Waals surface area contributed by atoms with Crippen LogP contribution in [0.25, 0.3) is 11.2 Å². The fourth-order valence-corrected chi connectivity index (χ4v) is 3.27. The minimum Gasteiger partial charge on any atom is -0.491 e. The third-order valence-electron chi connectivity index (χ3n) is 3.65. The summed E-state index contributed by atoms with van der Waals surface area (Å²) in [5.41, 5.74) is 6.81. The number of imidazole rings is 1. The van der Waals surface area contributed by atoms with E-state index in [-0.39, 0.29) is 17.7 Å². The summed E-state index contributed by atoms with van der Waals surface area (Å²) in [7, 11) is 2.99. The summed E-state index contributed by atoms with van der Waals surface area (Å²) in [5.74, 6) is 0.929. The number of nitrogens with zero attached hydrogens (tertiary/aromatic N) is 4. The van der Waals surface area contributed by atoms with E-state index in [4.69, 9.17) is 15.2 Å². The molecular weight excluding hydrogens is 370 g/mol.